The van der Waals surface area contributed by atoms with Gasteiger partial charge in [0.1, 0.15) is 0 Å². The minimum atomic E-state index is -1.90. The van der Waals surface area contributed by atoms with Crippen LogP contribution in [-0.4, -0.2) is 27.0 Å². The molecule has 0 unspecified atom stereocenters. The zero-order valence-corrected chi connectivity index (χ0v) is 16.3. The van der Waals surface area contributed by atoms with E-state index in [2.05, 4.69) is 33.9 Å². The van der Waals surface area contributed by atoms with E-state index in [1.807, 2.05) is 0 Å². The number of fused-ring (bicyclic) bond motifs is 1. The van der Waals surface area contributed by atoms with E-state index in [1.165, 1.54) is 39.2 Å². The van der Waals surface area contributed by atoms with Crippen LogP contribution in [0.3, 0.4) is 0 Å². The Labute approximate surface area is 137 Å². The lowest BCUT2D eigenvalue weighted by molar-refractivity contribution is -0.188. The van der Waals surface area contributed by atoms with Crippen LogP contribution in [0.15, 0.2) is 0 Å². The van der Waals surface area contributed by atoms with Crippen LogP contribution >= 0.6 is 0 Å². The number of rotatable bonds is 3. The lowest BCUT2D eigenvalue weighted by Crippen LogP contribution is -2.65. The number of ether oxygens (including phenoxy) is 1. The molecule has 0 aromatic heterocycles. The van der Waals surface area contributed by atoms with Gasteiger partial charge in [-0.2, -0.15) is 0 Å². The monoisotopic (exact) mass is 326 g/mol. The fraction of sp³-hybridized carbons (Fsp3) is 0.944. The third-order valence-corrected chi connectivity index (χ3v) is 10.9. The van der Waals surface area contributed by atoms with Gasteiger partial charge in [-0.05, 0) is 43.3 Å². The molecule has 4 heteroatoms. The summed E-state index contributed by atoms with van der Waals surface area (Å²) in [5, 5.41) is 0.172. The fourth-order valence-corrected chi connectivity index (χ4v) is 5.63. The maximum atomic E-state index is 12.3. The van der Waals surface area contributed by atoms with E-state index in [1.54, 1.807) is 0 Å². The van der Waals surface area contributed by atoms with Crippen LogP contribution in [0, 0.1) is 11.8 Å². The summed E-state index contributed by atoms with van der Waals surface area (Å²) in [6.07, 6.45) is 8.26. The number of methoxy groups -OCH3 is 1. The quantitative estimate of drug-likeness (QED) is 0.546. The second-order valence-electron chi connectivity index (χ2n) is 8.78. The lowest BCUT2D eigenvalue weighted by Gasteiger charge is -2.59. The van der Waals surface area contributed by atoms with E-state index in [9.17, 15) is 4.79 Å². The Balaban J connectivity index is 2.29. The molecule has 0 radical (unpaired) electrons. The van der Waals surface area contributed by atoms with E-state index in [0.717, 1.165) is 12.8 Å². The predicted octanol–water partition coefficient (Wildman–Crippen LogP) is 4.91. The summed E-state index contributed by atoms with van der Waals surface area (Å²) in [6, 6.07) is 0. The van der Waals surface area contributed by atoms with Crippen LogP contribution in [0.25, 0.3) is 0 Å². The first-order valence-electron chi connectivity index (χ1n) is 8.92. The van der Waals surface area contributed by atoms with Gasteiger partial charge in [-0.15, -0.1) is 0 Å². The van der Waals surface area contributed by atoms with Crippen LogP contribution in [0.2, 0.25) is 18.1 Å². The molecule has 2 aliphatic carbocycles. The molecule has 2 fully saturated rings. The molecule has 2 aliphatic rings. The SMILES string of the molecule is COC(=O)[C@@H]1C[C@@H]2CCCCCC[C@@]21O[Si](C)(C)C(C)(C)C. The van der Waals surface area contributed by atoms with Crippen molar-refractivity contribution < 1.29 is 14.0 Å². The second kappa shape index (κ2) is 6.27. The highest BCUT2D eigenvalue weighted by molar-refractivity contribution is 6.74. The third-order valence-electron chi connectivity index (χ3n) is 6.41. The van der Waals surface area contributed by atoms with E-state index < -0.39 is 8.32 Å². The Morgan fingerprint density at radius 3 is 2.36 bits per heavy atom. The van der Waals surface area contributed by atoms with Crippen molar-refractivity contribution in [2.75, 3.05) is 7.11 Å². The van der Waals surface area contributed by atoms with Crippen molar-refractivity contribution in [3.8, 4) is 0 Å². The zero-order valence-electron chi connectivity index (χ0n) is 15.3. The van der Waals surface area contributed by atoms with Gasteiger partial charge in [0.15, 0.2) is 8.32 Å². The zero-order chi connectivity index (χ0) is 16.6. The largest absolute Gasteiger partial charge is 0.469 e. The summed E-state index contributed by atoms with van der Waals surface area (Å²) >= 11 is 0. The van der Waals surface area contributed by atoms with E-state index in [0.29, 0.717) is 5.92 Å². The highest BCUT2D eigenvalue weighted by Crippen LogP contribution is 2.56. The van der Waals surface area contributed by atoms with Crippen molar-refractivity contribution in [3.05, 3.63) is 0 Å². The summed E-state index contributed by atoms with van der Waals surface area (Å²) in [4.78, 5) is 12.3. The summed E-state index contributed by atoms with van der Waals surface area (Å²) in [6.45, 7) is 11.5. The molecule has 22 heavy (non-hydrogen) atoms. The standard InChI is InChI=1S/C18H34O3Si/c1-17(2,3)22(5,6)21-18-12-10-8-7-9-11-14(18)13-15(18)16(19)20-4/h14-15H,7-13H2,1-6H3/t14-,15-,18+/m0/s1. The summed E-state index contributed by atoms with van der Waals surface area (Å²) in [7, 11) is -0.390. The molecule has 128 valence electrons. The van der Waals surface area contributed by atoms with Crippen molar-refractivity contribution in [3.63, 3.8) is 0 Å². The molecule has 0 bridgehead atoms. The number of carbonyl (C=O) groups is 1. The van der Waals surface area contributed by atoms with Crippen LogP contribution in [0.5, 0.6) is 0 Å². The minimum absolute atomic E-state index is 0.0466. The number of hydrogen-bond donors (Lipinski definition) is 0. The first-order chi connectivity index (χ1) is 10.1. The van der Waals surface area contributed by atoms with Gasteiger partial charge in [0, 0.05) is 0 Å². The average molecular weight is 327 g/mol. The Kier molecular flexibility index (Phi) is 5.13. The predicted molar refractivity (Wildman–Crippen MR) is 92.3 cm³/mol. The Bertz CT molecular complexity index is 413. The van der Waals surface area contributed by atoms with E-state index >= 15 is 0 Å². The van der Waals surface area contributed by atoms with Crippen LogP contribution in [-0.2, 0) is 14.0 Å². The van der Waals surface area contributed by atoms with Crippen molar-refractivity contribution in [2.24, 2.45) is 11.8 Å². The van der Waals surface area contributed by atoms with Crippen molar-refractivity contribution in [1.82, 2.24) is 0 Å². The minimum Gasteiger partial charge on any atom is -0.469 e. The first kappa shape index (κ1) is 18.0. The third kappa shape index (κ3) is 3.14. The van der Waals surface area contributed by atoms with Gasteiger partial charge in [0.2, 0.25) is 0 Å². The van der Waals surface area contributed by atoms with Crippen molar-refractivity contribution in [1.29, 1.82) is 0 Å². The fourth-order valence-electron chi connectivity index (χ4n) is 3.97. The maximum Gasteiger partial charge on any atom is 0.311 e. The molecule has 0 aromatic carbocycles. The molecule has 2 rings (SSSR count). The summed E-state index contributed by atoms with van der Waals surface area (Å²) in [5.41, 5.74) is -0.240. The van der Waals surface area contributed by atoms with Gasteiger partial charge >= 0.3 is 5.97 Å². The maximum absolute atomic E-state index is 12.3. The van der Waals surface area contributed by atoms with Gasteiger partial charge in [-0.1, -0.05) is 46.5 Å². The van der Waals surface area contributed by atoms with Crippen LogP contribution < -0.4 is 0 Å². The topological polar surface area (TPSA) is 35.5 Å². The smallest absolute Gasteiger partial charge is 0.311 e. The van der Waals surface area contributed by atoms with E-state index in [-0.39, 0.29) is 22.5 Å². The van der Waals surface area contributed by atoms with Crippen LogP contribution in [0.4, 0.5) is 0 Å². The number of esters is 1. The molecule has 0 spiro atoms. The number of hydrogen-bond acceptors (Lipinski definition) is 3. The van der Waals surface area contributed by atoms with Crippen molar-refractivity contribution >= 4 is 14.3 Å². The molecule has 2 saturated carbocycles. The Morgan fingerprint density at radius 2 is 1.77 bits per heavy atom. The molecule has 0 aliphatic heterocycles. The lowest BCUT2D eigenvalue weighted by atomic mass is 9.56. The van der Waals surface area contributed by atoms with Crippen molar-refractivity contribution in [2.45, 2.75) is 89.5 Å². The molecular weight excluding hydrogens is 292 g/mol. The summed E-state index contributed by atoms with van der Waals surface area (Å²) < 4.78 is 12.0. The Morgan fingerprint density at radius 1 is 1.14 bits per heavy atom. The first-order valence-corrected chi connectivity index (χ1v) is 11.8. The molecule has 0 heterocycles. The molecule has 0 amide bonds. The highest BCUT2D eigenvalue weighted by Gasteiger charge is 2.61. The molecule has 0 saturated heterocycles. The summed E-state index contributed by atoms with van der Waals surface area (Å²) in [5.74, 6) is 0.441. The highest BCUT2D eigenvalue weighted by atomic mass is 28.4. The van der Waals surface area contributed by atoms with Gasteiger partial charge in [0.05, 0.1) is 18.6 Å². The second-order valence-corrected chi connectivity index (χ2v) is 13.5. The molecule has 0 aromatic rings. The van der Waals surface area contributed by atoms with Gasteiger partial charge in [-0.25, -0.2) is 0 Å². The molecule has 0 N–H and O–H groups in total. The normalized spacial score (nSPS) is 33.2. The van der Waals surface area contributed by atoms with Gasteiger partial charge in [0.25, 0.3) is 0 Å². The Hall–Kier alpha value is -0.353. The van der Waals surface area contributed by atoms with Crippen LogP contribution in [0.1, 0.15) is 65.7 Å². The van der Waals surface area contributed by atoms with Gasteiger partial charge in [-0.3, -0.25) is 4.79 Å². The average Bonchev–Trinajstić information content (AvgIpc) is 2.40. The van der Waals surface area contributed by atoms with E-state index in [4.69, 9.17) is 9.16 Å². The van der Waals surface area contributed by atoms with Gasteiger partial charge < -0.3 is 9.16 Å². The molecular formula is C18H34O3Si. The molecule has 3 nitrogen and oxygen atoms in total. The molecule has 3 atom stereocenters. The number of carbonyl (C=O) groups excluding carboxylic acids is 1.